The molecule has 0 saturated heterocycles. The monoisotopic (exact) mass is 199 g/mol. The van der Waals surface area contributed by atoms with Crippen LogP contribution in [0.2, 0.25) is 0 Å². The molecule has 84 valence electrons. The number of hydrogen-bond donors (Lipinski definition) is 1. The van der Waals surface area contributed by atoms with Crippen molar-refractivity contribution in [2.24, 2.45) is 5.92 Å². The summed E-state index contributed by atoms with van der Waals surface area (Å²) in [5, 5.41) is 3.21. The van der Waals surface area contributed by atoms with E-state index < -0.39 is 0 Å². The number of allylic oxidation sites excluding steroid dienone is 1. The highest BCUT2D eigenvalue weighted by Gasteiger charge is 1.94. The quantitative estimate of drug-likeness (QED) is 0.350. The molecule has 2 nitrogen and oxygen atoms in total. The van der Waals surface area contributed by atoms with Gasteiger partial charge in [-0.3, -0.25) is 5.32 Å². The van der Waals surface area contributed by atoms with Crippen molar-refractivity contribution < 1.29 is 4.74 Å². The van der Waals surface area contributed by atoms with Crippen molar-refractivity contribution >= 4 is 0 Å². The summed E-state index contributed by atoms with van der Waals surface area (Å²) in [5.74, 6) is 0.603. The lowest BCUT2D eigenvalue weighted by Crippen LogP contribution is -2.22. The highest BCUT2D eigenvalue weighted by atomic mass is 16.5. The number of ether oxygens (including phenoxy) is 1. The van der Waals surface area contributed by atoms with E-state index in [-0.39, 0.29) is 0 Å². The first-order valence-electron chi connectivity index (χ1n) is 5.67. The summed E-state index contributed by atoms with van der Waals surface area (Å²) in [7, 11) is 1.71. The lowest BCUT2D eigenvalue weighted by molar-refractivity contribution is 0.173. The van der Waals surface area contributed by atoms with E-state index in [1.54, 1.807) is 7.11 Å². The Morgan fingerprint density at radius 2 is 2.14 bits per heavy atom. The molecule has 0 aromatic carbocycles. The lowest BCUT2D eigenvalue weighted by Gasteiger charge is -2.07. The van der Waals surface area contributed by atoms with E-state index >= 15 is 0 Å². The number of methoxy groups -OCH3 is 1. The molecule has 0 aromatic heterocycles. The van der Waals surface area contributed by atoms with Gasteiger partial charge in [0.2, 0.25) is 0 Å². The normalized spacial score (nSPS) is 13.6. The van der Waals surface area contributed by atoms with Crippen molar-refractivity contribution in [3.8, 4) is 0 Å². The van der Waals surface area contributed by atoms with Crippen LogP contribution in [0.1, 0.15) is 39.5 Å². The number of unbranched alkanes of at least 4 members (excludes halogenated alkanes) is 3. The molecule has 0 aliphatic heterocycles. The zero-order valence-electron chi connectivity index (χ0n) is 9.88. The summed E-state index contributed by atoms with van der Waals surface area (Å²) in [6.45, 7) is 6.10. The predicted molar refractivity (Wildman–Crippen MR) is 62.3 cm³/mol. The number of nitrogens with one attached hydrogen (secondary N) is 1. The van der Waals surface area contributed by atoms with Crippen LogP contribution in [-0.2, 0) is 4.74 Å². The van der Waals surface area contributed by atoms with Gasteiger partial charge in [-0.2, -0.15) is 0 Å². The molecular weight excluding hydrogens is 174 g/mol. The van der Waals surface area contributed by atoms with Gasteiger partial charge in [0.1, 0.15) is 0 Å². The molecule has 1 atom stereocenters. The third-order valence-electron chi connectivity index (χ3n) is 2.15. The van der Waals surface area contributed by atoms with Crippen molar-refractivity contribution in [3.05, 3.63) is 12.2 Å². The highest BCUT2D eigenvalue weighted by molar-refractivity contribution is 4.87. The SMILES string of the molecule is CCCCC/C=C\C(C)CNCOC. The van der Waals surface area contributed by atoms with Gasteiger partial charge in [-0.15, -0.1) is 0 Å². The number of rotatable bonds is 9. The maximum absolute atomic E-state index is 4.91. The third kappa shape index (κ3) is 9.75. The van der Waals surface area contributed by atoms with Crippen LogP contribution >= 0.6 is 0 Å². The largest absolute Gasteiger partial charge is 0.370 e. The van der Waals surface area contributed by atoms with E-state index in [0.717, 1.165) is 6.54 Å². The molecule has 0 fully saturated rings. The second kappa shape index (κ2) is 10.7. The van der Waals surface area contributed by atoms with Crippen molar-refractivity contribution in [1.29, 1.82) is 0 Å². The molecule has 0 radical (unpaired) electrons. The average molecular weight is 199 g/mol. The Bertz CT molecular complexity index is 134. The van der Waals surface area contributed by atoms with Crippen LogP contribution < -0.4 is 5.32 Å². The standard InChI is InChI=1S/C12H25NO/c1-4-5-6-7-8-9-12(2)10-13-11-14-3/h8-9,12-13H,4-7,10-11H2,1-3H3/b9-8-. The van der Waals surface area contributed by atoms with E-state index in [1.165, 1.54) is 25.7 Å². The third-order valence-corrected chi connectivity index (χ3v) is 2.15. The summed E-state index contributed by atoms with van der Waals surface area (Å²) in [6.07, 6.45) is 9.79. The van der Waals surface area contributed by atoms with Gasteiger partial charge < -0.3 is 4.74 Å². The van der Waals surface area contributed by atoms with Crippen LogP contribution in [0, 0.1) is 5.92 Å². The summed E-state index contributed by atoms with van der Waals surface area (Å²) < 4.78 is 4.91. The second-order valence-corrected chi connectivity index (χ2v) is 3.79. The van der Waals surface area contributed by atoms with Crippen LogP contribution in [0.25, 0.3) is 0 Å². The maximum atomic E-state index is 4.91. The minimum Gasteiger partial charge on any atom is -0.370 e. The molecular formula is C12H25NO. The topological polar surface area (TPSA) is 21.3 Å². The van der Waals surface area contributed by atoms with Gasteiger partial charge in [0.15, 0.2) is 0 Å². The second-order valence-electron chi connectivity index (χ2n) is 3.79. The van der Waals surface area contributed by atoms with Gasteiger partial charge in [-0.1, -0.05) is 38.8 Å². The molecule has 0 saturated carbocycles. The Hall–Kier alpha value is -0.340. The Morgan fingerprint density at radius 1 is 1.36 bits per heavy atom. The van der Waals surface area contributed by atoms with Crippen LogP contribution in [0.3, 0.4) is 0 Å². The van der Waals surface area contributed by atoms with Crippen LogP contribution in [0.5, 0.6) is 0 Å². The molecule has 0 spiro atoms. The molecule has 0 aliphatic rings. The zero-order chi connectivity index (χ0) is 10.6. The van der Waals surface area contributed by atoms with E-state index in [2.05, 4.69) is 31.3 Å². The van der Waals surface area contributed by atoms with E-state index in [1.807, 2.05) is 0 Å². The minimum absolute atomic E-state index is 0.603. The Kier molecular flexibility index (Phi) is 10.5. The average Bonchev–Trinajstić information content (AvgIpc) is 2.18. The van der Waals surface area contributed by atoms with Crippen molar-refractivity contribution in [2.75, 3.05) is 20.4 Å². The first kappa shape index (κ1) is 13.7. The molecule has 0 bridgehead atoms. The fraction of sp³-hybridized carbons (Fsp3) is 0.833. The highest BCUT2D eigenvalue weighted by Crippen LogP contribution is 2.02. The van der Waals surface area contributed by atoms with Gasteiger partial charge in [0.25, 0.3) is 0 Å². The summed E-state index contributed by atoms with van der Waals surface area (Å²) in [4.78, 5) is 0. The van der Waals surface area contributed by atoms with Crippen molar-refractivity contribution in [3.63, 3.8) is 0 Å². The smallest absolute Gasteiger partial charge is 0.0961 e. The first-order chi connectivity index (χ1) is 6.81. The summed E-state index contributed by atoms with van der Waals surface area (Å²) in [6, 6.07) is 0. The van der Waals surface area contributed by atoms with Crippen molar-refractivity contribution in [2.45, 2.75) is 39.5 Å². The number of hydrogen-bond acceptors (Lipinski definition) is 2. The molecule has 2 heteroatoms. The Labute approximate surface area is 88.7 Å². The zero-order valence-corrected chi connectivity index (χ0v) is 9.88. The molecule has 0 heterocycles. The van der Waals surface area contributed by atoms with Crippen LogP contribution in [0.15, 0.2) is 12.2 Å². The van der Waals surface area contributed by atoms with Crippen molar-refractivity contribution in [1.82, 2.24) is 5.32 Å². The lowest BCUT2D eigenvalue weighted by atomic mass is 10.1. The fourth-order valence-electron chi connectivity index (χ4n) is 1.30. The van der Waals surface area contributed by atoms with Gasteiger partial charge >= 0.3 is 0 Å². The summed E-state index contributed by atoms with van der Waals surface area (Å²) >= 11 is 0. The predicted octanol–water partition coefficient (Wildman–Crippen LogP) is 2.95. The first-order valence-corrected chi connectivity index (χ1v) is 5.67. The summed E-state index contributed by atoms with van der Waals surface area (Å²) in [5.41, 5.74) is 0. The van der Waals surface area contributed by atoms with Crippen LogP contribution in [-0.4, -0.2) is 20.4 Å². The molecule has 1 N–H and O–H groups in total. The van der Waals surface area contributed by atoms with Gasteiger partial charge in [0, 0.05) is 13.7 Å². The molecule has 1 unspecified atom stereocenters. The van der Waals surface area contributed by atoms with Crippen LogP contribution in [0.4, 0.5) is 0 Å². The Balaban J connectivity index is 3.26. The molecule has 0 aliphatic carbocycles. The van der Waals surface area contributed by atoms with E-state index in [0.29, 0.717) is 12.6 Å². The molecule has 14 heavy (non-hydrogen) atoms. The van der Waals surface area contributed by atoms with Gasteiger partial charge in [-0.25, -0.2) is 0 Å². The Morgan fingerprint density at radius 3 is 2.79 bits per heavy atom. The molecule has 0 rings (SSSR count). The minimum atomic E-state index is 0.603. The van der Waals surface area contributed by atoms with Gasteiger partial charge in [0.05, 0.1) is 6.73 Å². The van der Waals surface area contributed by atoms with Gasteiger partial charge in [-0.05, 0) is 18.8 Å². The van der Waals surface area contributed by atoms with E-state index in [9.17, 15) is 0 Å². The fourth-order valence-corrected chi connectivity index (χ4v) is 1.30. The molecule has 0 aromatic rings. The maximum Gasteiger partial charge on any atom is 0.0961 e. The molecule has 0 amide bonds. The van der Waals surface area contributed by atoms with E-state index in [4.69, 9.17) is 4.74 Å².